The van der Waals surface area contributed by atoms with E-state index in [0.29, 0.717) is 22.3 Å². The Morgan fingerprint density at radius 3 is 2.61 bits per heavy atom. The van der Waals surface area contributed by atoms with Crippen molar-refractivity contribution in [3.63, 3.8) is 0 Å². The van der Waals surface area contributed by atoms with E-state index in [0.717, 1.165) is 0 Å². The molecule has 0 saturated carbocycles. The Balaban J connectivity index is 2.25. The first-order chi connectivity index (χ1) is 8.60. The van der Waals surface area contributed by atoms with Gasteiger partial charge in [-0.15, -0.1) is 0 Å². The first-order valence-electron chi connectivity index (χ1n) is 5.08. The van der Waals surface area contributed by atoms with Gasteiger partial charge in [-0.25, -0.2) is 9.37 Å². The molecule has 2 N–H and O–H groups in total. The van der Waals surface area contributed by atoms with E-state index in [1.807, 2.05) is 0 Å². The van der Waals surface area contributed by atoms with Crippen molar-refractivity contribution in [1.82, 2.24) is 4.98 Å². The minimum Gasteiger partial charge on any atom is -0.439 e. The Hall–Kier alpha value is -1.36. The fraction of sp³-hybridized carbons (Fsp3) is 0.0833. The fourth-order valence-electron chi connectivity index (χ4n) is 1.33. The lowest BCUT2D eigenvalue weighted by Gasteiger charge is -2.07. The van der Waals surface area contributed by atoms with Crippen molar-refractivity contribution >= 4 is 23.2 Å². The van der Waals surface area contributed by atoms with Gasteiger partial charge in [-0.3, -0.25) is 0 Å². The lowest BCUT2D eigenvalue weighted by atomic mass is 10.3. The highest BCUT2D eigenvalue weighted by Crippen LogP contribution is 2.26. The number of ether oxygens (including phenoxy) is 1. The number of nitrogens with two attached hydrogens (primary N) is 1. The first-order valence-corrected chi connectivity index (χ1v) is 5.84. The van der Waals surface area contributed by atoms with E-state index in [1.165, 1.54) is 18.2 Å². The number of rotatable bonds is 3. The number of hydrogen-bond donors (Lipinski definition) is 1. The second kappa shape index (κ2) is 5.52. The van der Waals surface area contributed by atoms with Crippen LogP contribution < -0.4 is 10.5 Å². The van der Waals surface area contributed by atoms with Gasteiger partial charge in [0.05, 0.1) is 15.7 Å². The van der Waals surface area contributed by atoms with Crippen LogP contribution in [-0.4, -0.2) is 4.98 Å². The van der Waals surface area contributed by atoms with Crippen molar-refractivity contribution < 1.29 is 9.13 Å². The van der Waals surface area contributed by atoms with Crippen molar-refractivity contribution in [3.05, 3.63) is 51.9 Å². The van der Waals surface area contributed by atoms with E-state index in [1.54, 1.807) is 12.1 Å². The molecule has 0 saturated heterocycles. The van der Waals surface area contributed by atoms with Crippen LogP contribution in [-0.2, 0) is 6.54 Å². The molecule has 0 radical (unpaired) electrons. The van der Waals surface area contributed by atoms with Crippen molar-refractivity contribution in [2.45, 2.75) is 6.54 Å². The number of aromatic nitrogens is 1. The van der Waals surface area contributed by atoms with Crippen LogP contribution in [0.3, 0.4) is 0 Å². The summed E-state index contributed by atoms with van der Waals surface area (Å²) in [4.78, 5) is 4.12. The van der Waals surface area contributed by atoms with Gasteiger partial charge in [0.15, 0.2) is 0 Å². The minimum absolute atomic E-state index is 0.0134. The second-order valence-corrected chi connectivity index (χ2v) is 4.27. The van der Waals surface area contributed by atoms with Crippen LogP contribution in [0.2, 0.25) is 10.0 Å². The molecule has 0 spiro atoms. The molecule has 0 fully saturated rings. The summed E-state index contributed by atoms with van der Waals surface area (Å²) in [7, 11) is 0. The van der Waals surface area contributed by atoms with E-state index in [-0.39, 0.29) is 11.6 Å². The third-order valence-electron chi connectivity index (χ3n) is 2.20. The average molecular weight is 287 g/mol. The van der Waals surface area contributed by atoms with Crippen LogP contribution in [0.1, 0.15) is 5.69 Å². The van der Waals surface area contributed by atoms with E-state index in [4.69, 9.17) is 33.7 Å². The number of pyridine rings is 1. The minimum atomic E-state index is -0.504. The number of halogens is 3. The Bertz CT molecular complexity index is 578. The molecule has 94 valence electrons. The summed E-state index contributed by atoms with van der Waals surface area (Å²) in [5.74, 6) is 0.206. The molecule has 0 unspecified atom stereocenters. The third-order valence-corrected chi connectivity index (χ3v) is 2.83. The van der Waals surface area contributed by atoms with Crippen LogP contribution in [0.4, 0.5) is 4.39 Å². The van der Waals surface area contributed by atoms with E-state index >= 15 is 0 Å². The zero-order chi connectivity index (χ0) is 13.1. The largest absolute Gasteiger partial charge is 0.439 e. The molecular formula is C12H9Cl2FN2O. The zero-order valence-corrected chi connectivity index (χ0v) is 10.7. The van der Waals surface area contributed by atoms with Crippen molar-refractivity contribution in [2.75, 3.05) is 0 Å². The summed E-state index contributed by atoms with van der Waals surface area (Å²) in [5, 5.41) is 0.461. The molecule has 1 aromatic heterocycles. The topological polar surface area (TPSA) is 48.1 Å². The summed E-state index contributed by atoms with van der Waals surface area (Å²) in [6.45, 7) is 0.209. The fourth-order valence-corrected chi connectivity index (χ4v) is 1.68. The molecular weight excluding hydrogens is 278 g/mol. The van der Waals surface area contributed by atoms with Crippen molar-refractivity contribution in [2.24, 2.45) is 5.73 Å². The molecule has 3 nitrogen and oxygen atoms in total. The number of hydrogen-bond acceptors (Lipinski definition) is 3. The normalized spacial score (nSPS) is 10.4. The van der Waals surface area contributed by atoms with Crippen LogP contribution >= 0.6 is 23.2 Å². The third kappa shape index (κ3) is 2.90. The standard InChI is InChI=1S/C12H9Cl2FN2O/c13-8-2-4-12(17-11(8)6-16)18-7-1-3-10(15)9(14)5-7/h1-5H,6,16H2. The number of nitrogens with zero attached hydrogens (tertiary/aromatic N) is 1. The van der Waals surface area contributed by atoms with Crippen molar-refractivity contribution in [3.8, 4) is 11.6 Å². The molecule has 2 aromatic rings. The summed E-state index contributed by atoms with van der Waals surface area (Å²) in [6.07, 6.45) is 0. The molecule has 1 aromatic carbocycles. The highest BCUT2D eigenvalue weighted by molar-refractivity contribution is 6.31. The summed E-state index contributed by atoms with van der Waals surface area (Å²) < 4.78 is 18.4. The molecule has 0 atom stereocenters. The molecule has 0 aliphatic rings. The maximum atomic E-state index is 13.0. The predicted octanol–water partition coefficient (Wildman–Crippen LogP) is 3.78. The lowest BCUT2D eigenvalue weighted by molar-refractivity contribution is 0.459. The number of benzene rings is 1. The van der Waals surface area contributed by atoms with E-state index in [2.05, 4.69) is 4.98 Å². The van der Waals surface area contributed by atoms with Gasteiger partial charge < -0.3 is 10.5 Å². The van der Waals surface area contributed by atoms with E-state index < -0.39 is 5.82 Å². The Kier molecular flexibility index (Phi) is 4.01. The van der Waals surface area contributed by atoms with Gasteiger partial charge in [-0.1, -0.05) is 23.2 Å². The van der Waals surface area contributed by atoms with Crippen LogP contribution in [0.25, 0.3) is 0 Å². The molecule has 1 heterocycles. The Morgan fingerprint density at radius 1 is 1.17 bits per heavy atom. The lowest BCUT2D eigenvalue weighted by Crippen LogP contribution is -2.01. The highest BCUT2D eigenvalue weighted by Gasteiger charge is 2.06. The maximum absolute atomic E-state index is 13.0. The van der Waals surface area contributed by atoms with Gasteiger partial charge in [-0.05, 0) is 18.2 Å². The molecule has 0 aliphatic heterocycles. The summed E-state index contributed by atoms with van der Waals surface area (Å²) in [5.41, 5.74) is 6.01. The monoisotopic (exact) mass is 286 g/mol. The van der Waals surface area contributed by atoms with Crippen LogP contribution in [0, 0.1) is 5.82 Å². The van der Waals surface area contributed by atoms with E-state index in [9.17, 15) is 4.39 Å². The molecule has 0 amide bonds. The van der Waals surface area contributed by atoms with Gasteiger partial charge in [0.25, 0.3) is 0 Å². The van der Waals surface area contributed by atoms with Crippen LogP contribution in [0.5, 0.6) is 11.6 Å². The molecule has 18 heavy (non-hydrogen) atoms. The average Bonchev–Trinajstić information content (AvgIpc) is 2.36. The van der Waals surface area contributed by atoms with Gasteiger partial charge in [0.1, 0.15) is 11.6 Å². The molecule has 6 heteroatoms. The highest BCUT2D eigenvalue weighted by atomic mass is 35.5. The Morgan fingerprint density at radius 2 is 1.94 bits per heavy atom. The zero-order valence-electron chi connectivity index (χ0n) is 9.16. The Labute approximate surface area is 113 Å². The van der Waals surface area contributed by atoms with Gasteiger partial charge in [0, 0.05) is 18.7 Å². The molecule has 2 rings (SSSR count). The first kappa shape index (κ1) is 13.1. The van der Waals surface area contributed by atoms with Gasteiger partial charge in [-0.2, -0.15) is 0 Å². The quantitative estimate of drug-likeness (QED) is 0.934. The SMILES string of the molecule is NCc1nc(Oc2ccc(F)c(Cl)c2)ccc1Cl. The van der Waals surface area contributed by atoms with Crippen molar-refractivity contribution in [1.29, 1.82) is 0 Å². The molecule has 0 bridgehead atoms. The summed E-state index contributed by atoms with van der Waals surface area (Å²) >= 11 is 11.5. The van der Waals surface area contributed by atoms with Crippen LogP contribution in [0.15, 0.2) is 30.3 Å². The van der Waals surface area contributed by atoms with Gasteiger partial charge in [0.2, 0.25) is 5.88 Å². The predicted molar refractivity (Wildman–Crippen MR) is 68.6 cm³/mol. The van der Waals surface area contributed by atoms with Gasteiger partial charge >= 0.3 is 0 Å². The second-order valence-electron chi connectivity index (χ2n) is 3.46. The maximum Gasteiger partial charge on any atom is 0.219 e. The molecule has 0 aliphatic carbocycles. The summed E-state index contributed by atoms with van der Waals surface area (Å²) in [6, 6.07) is 7.28. The smallest absolute Gasteiger partial charge is 0.219 e.